The molecule has 0 amide bonds. The van der Waals surface area contributed by atoms with Crippen molar-refractivity contribution >= 4 is 22.3 Å². The number of para-hydroxylation sites is 1. The number of benzene rings is 1. The van der Waals surface area contributed by atoms with Crippen LogP contribution in [-0.2, 0) is 6.42 Å². The SMILES string of the molecule is CCc1oc2ccccc2c1C(N)c1cccs1. The zero-order valence-corrected chi connectivity index (χ0v) is 11.0. The third-order valence-corrected chi connectivity index (χ3v) is 4.15. The van der Waals surface area contributed by atoms with Gasteiger partial charge in [0.05, 0.1) is 6.04 Å². The highest BCUT2D eigenvalue weighted by atomic mass is 32.1. The molecule has 0 spiro atoms. The highest BCUT2D eigenvalue weighted by Crippen LogP contribution is 2.34. The van der Waals surface area contributed by atoms with Crippen LogP contribution in [-0.4, -0.2) is 0 Å². The largest absolute Gasteiger partial charge is 0.461 e. The summed E-state index contributed by atoms with van der Waals surface area (Å²) in [6.45, 7) is 2.10. The molecule has 2 N–H and O–H groups in total. The van der Waals surface area contributed by atoms with E-state index in [2.05, 4.69) is 24.4 Å². The van der Waals surface area contributed by atoms with Crippen molar-refractivity contribution in [2.24, 2.45) is 5.73 Å². The molecule has 0 aliphatic rings. The second-order valence-corrected chi connectivity index (χ2v) is 5.26. The van der Waals surface area contributed by atoms with Crippen LogP contribution in [0.3, 0.4) is 0 Å². The second kappa shape index (κ2) is 4.59. The first-order chi connectivity index (χ1) is 8.81. The van der Waals surface area contributed by atoms with Gasteiger partial charge in [0.25, 0.3) is 0 Å². The van der Waals surface area contributed by atoms with E-state index in [0.717, 1.165) is 28.7 Å². The Kier molecular flexibility index (Phi) is 2.94. The first-order valence-electron chi connectivity index (χ1n) is 6.10. The summed E-state index contributed by atoms with van der Waals surface area (Å²) in [4.78, 5) is 1.18. The molecule has 0 aliphatic carbocycles. The first-order valence-corrected chi connectivity index (χ1v) is 6.98. The minimum Gasteiger partial charge on any atom is -0.461 e. The molecule has 3 rings (SSSR count). The monoisotopic (exact) mass is 257 g/mol. The zero-order chi connectivity index (χ0) is 12.5. The topological polar surface area (TPSA) is 39.2 Å². The van der Waals surface area contributed by atoms with Crippen LogP contribution in [0.1, 0.15) is 29.2 Å². The van der Waals surface area contributed by atoms with Gasteiger partial charge < -0.3 is 10.2 Å². The van der Waals surface area contributed by atoms with Crippen molar-refractivity contribution < 1.29 is 4.42 Å². The van der Waals surface area contributed by atoms with Gasteiger partial charge >= 0.3 is 0 Å². The summed E-state index contributed by atoms with van der Waals surface area (Å²) in [5.41, 5.74) is 8.46. The summed E-state index contributed by atoms with van der Waals surface area (Å²) in [6, 6.07) is 12.1. The van der Waals surface area contributed by atoms with Crippen molar-refractivity contribution in [2.45, 2.75) is 19.4 Å². The number of rotatable bonds is 3. The summed E-state index contributed by atoms with van der Waals surface area (Å²) < 4.78 is 5.89. The number of fused-ring (bicyclic) bond motifs is 1. The quantitative estimate of drug-likeness (QED) is 0.767. The van der Waals surface area contributed by atoms with E-state index in [1.165, 1.54) is 4.88 Å². The van der Waals surface area contributed by atoms with E-state index in [4.69, 9.17) is 10.2 Å². The molecule has 1 atom stereocenters. The van der Waals surface area contributed by atoms with Crippen molar-refractivity contribution in [3.8, 4) is 0 Å². The number of nitrogens with two attached hydrogens (primary N) is 1. The fraction of sp³-hybridized carbons (Fsp3) is 0.200. The molecule has 18 heavy (non-hydrogen) atoms. The predicted molar refractivity (Wildman–Crippen MR) is 75.9 cm³/mol. The molecule has 0 bridgehead atoms. The summed E-state index contributed by atoms with van der Waals surface area (Å²) in [7, 11) is 0. The van der Waals surface area contributed by atoms with E-state index < -0.39 is 0 Å². The molecule has 1 unspecified atom stereocenters. The van der Waals surface area contributed by atoms with Crippen LogP contribution in [0.4, 0.5) is 0 Å². The molecule has 0 fully saturated rings. The van der Waals surface area contributed by atoms with Gasteiger partial charge in [-0.1, -0.05) is 31.2 Å². The molecule has 92 valence electrons. The molecule has 3 aromatic rings. The van der Waals surface area contributed by atoms with Crippen LogP contribution in [0.2, 0.25) is 0 Å². The predicted octanol–water partition coefficient (Wildman–Crippen LogP) is 4.10. The Balaban J connectivity index is 2.20. The highest BCUT2D eigenvalue weighted by Gasteiger charge is 2.20. The Labute approximate surface area is 110 Å². The molecular weight excluding hydrogens is 242 g/mol. The van der Waals surface area contributed by atoms with Crippen LogP contribution in [0.15, 0.2) is 46.2 Å². The van der Waals surface area contributed by atoms with Gasteiger partial charge in [0, 0.05) is 22.2 Å². The smallest absolute Gasteiger partial charge is 0.134 e. The Bertz CT molecular complexity index is 654. The Morgan fingerprint density at radius 2 is 2.06 bits per heavy atom. The van der Waals surface area contributed by atoms with Gasteiger partial charge in [-0.3, -0.25) is 0 Å². The highest BCUT2D eigenvalue weighted by molar-refractivity contribution is 7.10. The van der Waals surface area contributed by atoms with E-state index in [1.807, 2.05) is 24.3 Å². The summed E-state index contributed by atoms with van der Waals surface area (Å²) >= 11 is 1.69. The van der Waals surface area contributed by atoms with E-state index >= 15 is 0 Å². The molecule has 0 radical (unpaired) electrons. The molecular formula is C15H15NOS. The van der Waals surface area contributed by atoms with E-state index in [1.54, 1.807) is 11.3 Å². The number of hydrogen-bond donors (Lipinski definition) is 1. The van der Waals surface area contributed by atoms with Gasteiger partial charge in [-0.15, -0.1) is 11.3 Å². The average molecular weight is 257 g/mol. The molecule has 2 heterocycles. The molecule has 1 aromatic carbocycles. The van der Waals surface area contributed by atoms with Gasteiger partial charge in [-0.05, 0) is 17.5 Å². The lowest BCUT2D eigenvalue weighted by Gasteiger charge is -2.10. The average Bonchev–Trinajstić information content (AvgIpc) is 3.04. The first kappa shape index (κ1) is 11.5. The molecule has 0 saturated heterocycles. The van der Waals surface area contributed by atoms with E-state index in [9.17, 15) is 0 Å². The van der Waals surface area contributed by atoms with Crippen molar-refractivity contribution in [2.75, 3.05) is 0 Å². The standard InChI is InChI=1S/C15H15NOS/c1-2-11-14(15(16)13-8-5-9-18-13)10-6-3-4-7-12(10)17-11/h3-9,15H,2,16H2,1H3. The van der Waals surface area contributed by atoms with Crippen LogP contribution >= 0.6 is 11.3 Å². The van der Waals surface area contributed by atoms with Gasteiger partial charge in [0.1, 0.15) is 11.3 Å². The van der Waals surface area contributed by atoms with Crippen molar-refractivity contribution in [3.63, 3.8) is 0 Å². The van der Waals surface area contributed by atoms with Gasteiger partial charge in [0.15, 0.2) is 0 Å². The number of thiophene rings is 1. The van der Waals surface area contributed by atoms with Gasteiger partial charge in [-0.2, -0.15) is 0 Å². The molecule has 3 heteroatoms. The fourth-order valence-electron chi connectivity index (χ4n) is 2.33. The summed E-state index contributed by atoms with van der Waals surface area (Å²) in [6.07, 6.45) is 0.864. The lowest BCUT2D eigenvalue weighted by atomic mass is 10.0. The minimum absolute atomic E-state index is 0.0939. The van der Waals surface area contributed by atoms with E-state index in [0.29, 0.717) is 0 Å². The summed E-state index contributed by atoms with van der Waals surface area (Å²) in [5, 5.41) is 3.19. The minimum atomic E-state index is -0.0939. The lowest BCUT2D eigenvalue weighted by molar-refractivity contribution is 0.547. The Morgan fingerprint density at radius 1 is 1.22 bits per heavy atom. The van der Waals surface area contributed by atoms with Crippen LogP contribution in [0, 0.1) is 0 Å². The maximum atomic E-state index is 6.40. The lowest BCUT2D eigenvalue weighted by Crippen LogP contribution is -2.11. The van der Waals surface area contributed by atoms with Crippen LogP contribution in [0.25, 0.3) is 11.0 Å². The molecule has 0 aliphatic heterocycles. The fourth-order valence-corrected chi connectivity index (χ4v) is 3.07. The van der Waals surface area contributed by atoms with Gasteiger partial charge in [0.2, 0.25) is 0 Å². The van der Waals surface area contributed by atoms with Crippen molar-refractivity contribution in [3.05, 3.63) is 58.0 Å². The third-order valence-electron chi connectivity index (χ3n) is 3.19. The molecule has 0 saturated carbocycles. The zero-order valence-electron chi connectivity index (χ0n) is 10.2. The van der Waals surface area contributed by atoms with E-state index in [-0.39, 0.29) is 6.04 Å². The third kappa shape index (κ3) is 1.76. The summed E-state index contributed by atoms with van der Waals surface area (Å²) in [5.74, 6) is 0.997. The normalized spacial score (nSPS) is 13.0. The van der Waals surface area contributed by atoms with Crippen LogP contribution in [0.5, 0.6) is 0 Å². The Morgan fingerprint density at radius 3 is 2.78 bits per heavy atom. The van der Waals surface area contributed by atoms with Gasteiger partial charge in [-0.25, -0.2) is 0 Å². The maximum absolute atomic E-state index is 6.40. The Hall–Kier alpha value is -1.58. The van der Waals surface area contributed by atoms with Crippen molar-refractivity contribution in [1.29, 1.82) is 0 Å². The number of hydrogen-bond acceptors (Lipinski definition) is 3. The van der Waals surface area contributed by atoms with Crippen molar-refractivity contribution in [1.82, 2.24) is 0 Å². The number of furan rings is 1. The molecule has 2 nitrogen and oxygen atoms in total. The number of aryl methyl sites for hydroxylation is 1. The molecule has 2 aromatic heterocycles. The van der Waals surface area contributed by atoms with Crippen LogP contribution < -0.4 is 5.73 Å². The maximum Gasteiger partial charge on any atom is 0.134 e. The second-order valence-electron chi connectivity index (χ2n) is 4.28.